The summed E-state index contributed by atoms with van der Waals surface area (Å²) < 4.78 is 2.58. The fourth-order valence-electron chi connectivity index (χ4n) is 11.4. The fraction of sp³-hybridized carbons (Fsp3) is 0.0159. The largest absolute Gasteiger partial charge is 0.310 e. The van der Waals surface area contributed by atoms with Crippen molar-refractivity contribution in [1.29, 1.82) is 0 Å². The van der Waals surface area contributed by atoms with Gasteiger partial charge in [-0.15, -0.1) is 11.3 Å². The second kappa shape index (κ2) is 14.0. The second-order valence-corrected chi connectivity index (χ2v) is 18.7. The minimum Gasteiger partial charge on any atom is -0.310 e. The molecule has 2 aliphatic rings. The van der Waals surface area contributed by atoms with Gasteiger partial charge in [-0.3, -0.25) is 0 Å². The van der Waals surface area contributed by atoms with E-state index in [1.165, 1.54) is 108 Å². The lowest BCUT2D eigenvalue weighted by molar-refractivity contribution is 0.794. The van der Waals surface area contributed by atoms with Crippen LogP contribution in [-0.2, 0) is 5.41 Å². The van der Waals surface area contributed by atoms with Crippen LogP contribution in [0.15, 0.2) is 237 Å². The van der Waals surface area contributed by atoms with E-state index in [1.54, 1.807) is 0 Å². The van der Waals surface area contributed by atoms with Crippen molar-refractivity contribution >= 4 is 70.1 Å². The Labute approximate surface area is 381 Å². The van der Waals surface area contributed by atoms with Crippen molar-refractivity contribution in [3.63, 3.8) is 0 Å². The van der Waals surface area contributed by atoms with E-state index in [9.17, 15) is 0 Å². The zero-order chi connectivity index (χ0) is 42.6. The van der Waals surface area contributed by atoms with Gasteiger partial charge < -0.3 is 4.90 Å². The van der Waals surface area contributed by atoms with Gasteiger partial charge in [-0.2, -0.15) is 0 Å². The zero-order valence-electron chi connectivity index (χ0n) is 35.4. The van der Waals surface area contributed by atoms with E-state index < -0.39 is 0 Å². The minimum atomic E-state index is -0.362. The summed E-state index contributed by atoms with van der Waals surface area (Å²) in [6, 6.07) is 88.3. The topological polar surface area (TPSA) is 3.24 Å². The van der Waals surface area contributed by atoms with E-state index in [2.05, 4.69) is 241 Å². The average Bonchev–Trinajstić information content (AvgIpc) is 4.00. The summed E-state index contributed by atoms with van der Waals surface area (Å²) in [6.07, 6.45) is 0. The molecular weight excluding hydrogens is 803 g/mol. The molecule has 0 aliphatic heterocycles. The second-order valence-electron chi connectivity index (χ2n) is 17.6. The van der Waals surface area contributed by atoms with Crippen molar-refractivity contribution in [2.24, 2.45) is 0 Å². The number of fused-ring (bicyclic) bond motifs is 16. The van der Waals surface area contributed by atoms with Gasteiger partial charge in [0.05, 0.1) is 5.41 Å². The Morgan fingerprint density at radius 2 is 0.815 bits per heavy atom. The molecule has 1 aromatic heterocycles. The number of hydrogen-bond acceptors (Lipinski definition) is 2. The van der Waals surface area contributed by atoms with Crippen molar-refractivity contribution in [2.75, 3.05) is 4.90 Å². The molecule has 1 heterocycles. The van der Waals surface area contributed by atoms with Crippen LogP contribution < -0.4 is 4.90 Å². The summed E-state index contributed by atoms with van der Waals surface area (Å²) in [5.41, 5.74) is 18.7. The minimum absolute atomic E-state index is 0.362. The van der Waals surface area contributed by atoms with Gasteiger partial charge in [-0.05, 0) is 149 Å². The highest BCUT2D eigenvalue weighted by molar-refractivity contribution is 7.25. The van der Waals surface area contributed by atoms with Crippen LogP contribution >= 0.6 is 11.3 Å². The number of thiophene rings is 1. The summed E-state index contributed by atoms with van der Waals surface area (Å²) in [5.74, 6) is 0. The molecule has 0 unspecified atom stereocenters. The van der Waals surface area contributed by atoms with Crippen molar-refractivity contribution in [3.05, 3.63) is 259 Å². The van der Waals surface area contributed by atoms with Crippen molar-refractivity contribution in [1.82, 2.24) is 0 Å². The number of benzene rings is 11. The molecule has 0 N–H and O–H groups in total. The first-order chi connectivity index (χ1) is 32.2. The zero-order valence-corrected chi connectivity index (χ0v) is 36.2. The van der Waals surface area contributed by atoms with E-state index in [0.717, 1.165) is 17.1 Å². The predicted octanol–water partition coefficient (Wildman–Crippen LogP) is 17.5. The van der Waals surface area contributed by atoms with Gasteiger partial charge in [-0.25, -0.2) is 0 Å². The van der Waals surface area contributed by atoms with Gasteiger partial charge in [0.15, 0.2) is 0 Å². The maximum Gasteiger partial charge on any atom is 0.0725 e. The maximum absolute atomic E-state index is 2.46. The van der Waals surface area contributed by atoms with E-state index in [4.69, 9.17) is 0 Å². The third kappa shape index (κ3) is 5.32. The summed E-state index contributed by atoms with van der Waals surface area (Å²) in [4.78, 5) is 2.42. The van der Waals surface area contributed by atoms with E-state index in [-0.39, 0.29) is 5.41 Å². The number of nitrogens with zero attached hydrogens (tertiary/aromatic N) is 1. The molecule has 2 heteroatoms. The molecular formula is C63H39NS. The lowest BCUT2D eigenvalue weighted by Gasteiger charge is -2.30. The molecule has 0 atom stereocenters. The monoisotopic (exact) mass is 841 g/mol. The van der Waals surface area contributed by atoms with Gasteiger partial charge in [0.2, 0.25) is 0 Å². The van der Waals surface area contributed by atoms with E-state index >= 15 is 0 Å². The SMILES string of the molecule is c1ccc(-c2cccc(N(c3ccc4ccccc4c3)c3ccc4sc5ccc(-c6ccc7ccc8c(c7c6)-c6ccccc6C86c7ccccc7-c7ccccc76)cc5c4c3)c2)cc1. The molecule has 0 saturated heterocycles. The van der Waals surface area contributed by atoms with Gasteiger partial charge >= 0.3 is 0 Å². The molecule has 0 radical (unpaired) electrons. The van der Waals surface area contributed by atoms with Gasteiger partial charge in [0, 0.05) is 37.2 Å². The molecule has 0 fully saturated rings. The molecule has 2 aliphatic carbocycles. The molecule has 1 spiro atoms. The lowest BCUT2D eigenvalue weighted by atomic mass is 9.70. The molecule has 11 aromatic carbocycles. The third-order valence-electron chi connectivity index (χ3n) is 14.2. The molecule has 1 nitrogen and oxygen atoms in total. The van der Waals surface area contributed by atoms with E-state index in [0.29, 0.717) is 0 Å². The number of anilines is 3. The maximum atomic E-state index is 2.46. The normalized spacial score (nSPS) is 13.0. The fourth-order valence-corrected chi connectivity index (χ4v) is 12.5. The molecule has 0 bridgehead atoms. The summed E-state index contributed by atoms with van der Waals surface area (Å²) in [6.45, 7) is 0. The molecule has 12 aromatic rings. The molecule has 65 heavy (non-hydrogen) atoms. The van der Waals surface area contributed by atoms with Crippen molar-refractivity contribution in [3.8, 4) is 44.5 Å². The summed E-state index contributed by atoms with van der Waals surface area (Å²) >= 11 is 1.87. The Kier molecular flexibility index (Phi) is 7.84. The van der Waals surface area contributed by atoms with E-state index in [1.807, 2.05) is 11.3 Å². The molecule has 302 valence electrons. The highest BCUT2D eigenvalue weighted by atomic mass is 32.1. The Hall–Kier alpha value is -8.04. The third-order valence-corrected chi connectivity index (χ3v) is 15.4. The summed E-state index contributed by atoms with van der Waals surface area (Å²) in [5, 5.41) is 7.56. The van der Waals surface area contributed by atoms with Crippen LogP contribution in [0.3, 0.4) is 0 Å². The molecule has 0 amide bonds. The van der Waals surface area contributed by atoms with Crippen LogP contribution in [-0.4, -0.2) is 0 Å². The Morgan fingerprint density at radius 3 is 1.60 bits per heavy atom. The van der Waals surface area contributed by atoms with Crippen molar-refractivity contribution < 1.29 is 0 Å². The van der Waals surface area contributed by atoms with Crippen LogP contribution in [0.2, 0.25) is 0 Å². The molecule has 14 rings (SSSR count). The average molecular weight is 842 g/mol. The standard InChI is InChI=1S/C63H39NS/c1-2-13-40(14-3-1)44-17-12-18-47(35-44)64(48-30-27-41-15-4-5-16-43(41)36-48)49-31-34-61-55(39-49)54-38-46(29-33-60(54)65-61)45-26-25-42-28-32-59-62(53(42)37-45)52-21-8-11-24-58(52)63(59)56-22-9-6-19-50(56)51-20-7-10-23-57(51)63/h1-39H. The van der Waals surface area contributed by atoms with Gasteiger partial charge in [0.1, 0.15) is 0 Å². The Morgan fingerprint density at radius 1 is 0.292 bits per heavy atom. The number of rotatable bonds is 5. The van der Waals surface area contributed by atoms with Crippen LogP contribution in [0.1, 0.15) is 22.3 Å². The first kappa shape index (κ1) is 36.4. The number of hydrogen-bond donors (Lipinski definition) is 0. The first-order valence-electron chi connectivity index (χ1n) is 22.5. The highest BCUT2D eigenvalue weighted by Crippen LogP contribution is 2.63. The Bertz CT molecular complexity index is 3870. The lowest BCUT2D eigenvalue weighted by Crippen LogP contribution is -2.25. The predicted molar refractivity (Wildman–Crippen MR) is 276 cm³/mol. The van der Waals surface area contributed by atoms with Gasteiger partial charge in [0.25, 0.3) is 0 Å². The highest BCUT2D eigenvalue weighted by Gasteiger charge is 2.51. The van der Waals surface area contributed by atoms with Crippen LogP contribution in [0, 0.1) is 0 Å². The summed E-state index contributed by atoms with van der Waals surface area (Å²) in [7, 11) is 0. The van der Waals surface area contributed by atoms with Crippen LogP contribution in [0.25, 0.3) is 86.2 Å². The first-order valence-corrected chi connectivity index (χ1v) is 23.3. The Balaban J connectivity index is 0.931. The van der Waals surface area contributed by atoms with Crippen molar-refractivity contribution in [2.45, 2.75) is 5.41 Å². The van der Waals surface area contributed by atoms with Gasteiger partial charge in [-0.1, -0.05) is 176 Å². The molecule has 0 saturated carbocycles. The van der Waals surface area contributed by atoms with Crippen LogP contribution in [0.4, 0.5) is 17.1 Å². The quantitative estimate of drug-likeness (QED) is 0.167. The smallest absolute Gasteiger partial charge is 0.0725 e. The van der Waals surface area contributed by atoms with Crippen LogP contribution in [0.5, 0.6) is 0 Å².